The molecule has 15 heavy (non-hydrogen) atoms. The third-order valence-corrected chi connectivity index (χ3v) is 1.95. The van der Waals surface area contributed by atoms with E-state index in [9.17, 15) is 14.9 Å². The van der Waals surface area contributed by atoms with E-state index in [1.165, 1.54) is 18.2 Å². The van der Waals surface area contributed by atoms with Crippen molar-refractivity contribution in [3.63, 3.8) is 0 Å². The molecule has 0 fully saturated rings. The Bertz CT molecular complexity index is 391. The van der Waals surface area contributed by atoms with Crippen molar-refractivity contribution in [1.29, 1.82) is 0 Å². The Hall–Kier alpha value is -1.95. The largest absolute Gasteiger partial charge is 0.480 e. The van der Waals surface area contributed by atoms with E-state index in [1.807, 2.05) is 0 Å². The van der Waals surface area contributed by atoms with Gasteiger partial charge in [0.2, 0.25) is 0 Å². The maximum Gasteiger partial charge on any atom is 0.320 e. The third-order valence-electron chi connectivity index (χ3n) is 1.95. The average molecular weight is 210 g/mol. The number of para-hydroxylation sites is 1. The lowest BCUT2D eigenvalue weighted by atomic mass is 10.1. The minimum absolute atomic E-state index is 0.0491. The predicted octanol–water partition coefficient (Wildman–Crippen LogP) is 0.549. The van der Waals surface area contributed by atoms with Crippen molar-refractivity contribution in [1.82, 2.24) is 0 Å². The molecule has 0 radical (unpaired) electrons. The van der Waals surface area contributed by atoms with Gasteiger partial charge in [0.15, 0.2) is 0 Å². The van der Waals surface area contributed by atoms with Crippen LogP contribution in [0.1, 0.15) is 5.56 Å². The van der Waals surface area contributed by atoms with Crippen molar-refractivity contribution in [2.45, 2.75) is 12.5 Å². The van der Waals surface area contributed by atoms with Crippen LogP contribution in [0.5, 0.6) is 0 Å². The number of rotatable bonds is 4. The second kappa shape index (κ2) is 4.52. The van der Waals surface area contributed by atoms with Crippen molar-refractivity contribution in [3.8, 4) is 0 Å². The molecule has 1 aromatic carbocycles. The third kappa shape index (κ3) is 2.75. The van der Waals surface area contributed by atoms with E-state index in [1.54, 1.807) is 6.07 Å². The summed E-state index contributed by atoms with van der Waals surface area (Å²) < 4.78 is 0. The Balaban J connectivity index is 2.94. The lowest BCUT2D eigenvalue weighted by Crippen LogP contribution is -2.32. The van der Waals surface area contributed by atoms with E-state index < -0.39 is 16.9 Å². The number of hydrogen-bond acceptors (Lipinski definition) is 4. The standard InChI is InChI=1S/C9H10N2O4/c10-7(9(12)13)5-6-3-1-2-4-8(6)11(14)15/h1-4,7H,5,10H2,(H,12,13). The molecule has 0 heterocycles. The van der Waals surface area contributed by atoms with E-state index >= 15 is 0 Å². The van der Waals surface area contributed by atoms with Crippen LogP contribution in [0.4, 0.5) is 5.69 Å². The number of nitrogens with zero attached hydrogens (tertiary/aromatic N) is 1. The number of hydrogen-bond donors (Lipinski definition) is 2. The van der Waals surface area contributed by atoms with Gasteiger partial charge in [-0.05, 0) is 0 Å². The summed E-state index contributed by atoms with van der Waals surface area (Å²) in [4.78, 5) is 20.5. The highest BCUT2D eigenvalue weighted by Gasteiger charge is 2.18. The van der Waals surface area contributed by atoms with Crippen LogP contribution in [0.3, 0.4) is 0 Å². The molecule has 0 saturated heterocycles. The van der Waals surface area contributed by atoms with Crippen LogP contribution in [0.25, 0.3) is 0 Å². The number of carboxylic acid groups (broad SMARTS) is 1. The number of benzene rings is 1. The predicted molar refractivity (Wildman–Crippen MR) is 52.4 cm³/mol. The zero-order valence-electron chi connectivity index (χ0n) is 7.79. The van der Waals surface area contributed by atoms with Crippen molar-refractivity contribution in [2.75, 3.05) is 0 Å². The zero-order chi connectivity index (χ0) is 11.4. The first kappa shape index (κ1) is 11.1. The summed E-state index contributed by atoms with van der Waals surface area (Å²) in [6.07, 6.45) is -0.0491. The van der Waals surface area contributed by atoms with Gasteiger partial charge in [0.25, 0.3) is 5.69 Å². The van der Waals surface area contributed by atoms with Gasteiger partial charge in [-0.1, -0.05) is 18.2 Å². The molecule has 0 bridgehead atoms. The lowest BCUT2D eigenvalue weighted by molar-refractivity contribution is -0.385. The van der Waals surface area contributed by atoms with Crippen molar-refractivity contribution in [3.05, 3.63) is 39.9 Å². The molecule has 0 saturated carbocycles. The topological polar surface area (TPSA) is 106 Å². The first-order chi connectivity index (χ1) is 7.02. The molecule has 0 amide bonds. The number of nitrogens with two attached hydrogens (primary N) is 1. The first-order valence-electron chi connectivity index (χ1n) is 4.23. The summed E-state index contributed by atoms with van der Waals surface area (Å²) in [5.74, 6) is -1.17. The van der Waals surface area contributed by atoms with Crippen molar-refractivity contribution in [2.24, 2.45) is 5.73 Å². The summed E-state index contributed by atoms with van der Waals surface area (Å²) in [6, 6.07) is 4.83. The molecule has 0 aliphatic carbocycles. The fourth-order valence-corrected chi connectivity index (χ4v) is 1.19. The van der Waals surface area contributed by atoms with Gasteiger partial charge in [-0.15, -0.1) is 0 Å². The molecule has 1 unspecified atom stereocenters. The monoisotopic (exact) mass is 210 g/mol. The van der Waals surface area contributed by atoms with Gasteiger partial charge >= 0.3 is 5.97 Å². The van der Waals surface area contributed by atoms with Crippen LogP contribution in [0.15, 0.2) is 24.3 Å². The summed E-state index contributed by atoms with van der Waals surface area (Å²) in [5, 5.41) is 19.2. The molecular formula is C9H10N2O4. The van der Waals surface area contributed by atoms with E-state index in [2.05, 4.69) is 0 Å². The molecule has 1 atom stereocenters. The van der Waals surface area contributed by atoms with E-state index in [-0.39, 0.29) is 12.1 Å². The maximum atomic E-state index is 10.6. The van der Waals surface area contributed by atoms with Gasteiger partial charge in [-0.2, -0.15) is 0 Å². The minimum atomic E-state index is -1.17. The average Bonchev–Trinajstić information content (AvgIpc) is 2.18. The van der Waals surface area contributed by atoms with Gasteiger partial charge in [0.05, 0.1) is 4.92 Å². The van der Waals surface area contributed by atoms with Gasteiger partial charge in [-0.25, -0.2) is 0 Å². The van der Waals surface area contributed by atoms with E-state index in [0.717, 1.165) is 0 Å². The summed E-state index contributed by atoms with van der Waals surface area (Å²) in [7, 11) is 0. The van der Waals surface area contributed by atoms with E-state index in [4.69, 9.17) is 10.8 Å². The fraction of sp³-hybridized carbons (Fsp3) is 0.222. The molecule has 1 rings (SSSR count). The second-order valence-corrected chi connectivity index (χ2v) is 3.03. The first-order valence-corrected chi connectivity index (χ1v) is 4.23. The molecule has 3 N–H and O–H groups in total. The van der Waals surface area contributed by atoms with Crippen LogP contribution in [-0.4, -0.2) is 22.0 Å². The minimum Gasteiger partial charge on any atom is -0.480 e. The summed E-state index contributed by atoms with van der Waals surface area (Å²) >= 11 is 0. The normalized spacial score (nSPS) is 12.1. The molecule has 0 aromatic heterocycles. The van der Waals surface area contributed by atoms with Gasteiger partial charge < -0.3 is 10.8 Å². The smallest absolute Gasteiger partial charge is 0.320 e. The van der Waals surface area contributed by atoms with Crippen molar-refractivity contribution >= 4 is 11.7 Å². The van der Waals surface area contributed by atoms with Gasteiger partial charge in [0.1, 0.15) is 6.04 Å². The Morgan fingerprint density at radius 1 is 1.53 bits per heavy atom. The Morgan fingerprint density at radius 2 is 2.13 bits per heavy atom. The summed E-state index contributed by atoms with van der Waals surface area (Å²) in [5.41, 5.74) is 5.52. The second-order valence-electron chi connectivity index (χ2n) is 3.03. The molecule has 6 nitrogen and oxygen atoms in total. The Kier molecular flexibility index (Phi) is 3.35. The highest BCUT2D eigenvalue weighted by Crippen LogP contribution is 2.18. The number of carboxylic acids is 1. The van der Waals surface area contributed by atoms with Crippen LogP contribution >= 0.6 is 0 Å². The fourth-order valence-electron chi connectivity index (χ4n) is 1.19. The number of carbonyl (C=O) groups is 1. The molecule has 0 spiro atoms. The summed E-state index contributed by atoms with van der Waals surface area (Å²) in [6.45, 7) is 0. The number of aliphatic carboxylic acids is 1. The lowest BCUT2D eigenvalue weighted by Gasteiger charge is -2.06. The van der Waals surface area contributed by atoms with Crippen LogP contribution in [0, 0.1) is 10.1 Å². The van der Waals surface area contributed by atoms with E-state index in [0.29, 0.717) is 5.56 Å². The molecular weight excluding hydrogens is 200 g/mol. The van der Waals surface area contributed by atoms with Gasteiger partial charge in [0, 0.05) is 18.1 Å². The number of nitro groups is 1. The quantitative estimate of drug-likeness (QED) is 0.557. The SMILES string of the molecule is NC(Cc1ccccc1[N+](=O)[O-])C(=O)O. The molecule has 0 aliphatic rings. The maximum absolute atomic E-state index is 10.6. The Morgan fingerprint density at radius 3 is 2.67 bits per heavy atom. The van der Waals surface area contributed by atoms with Crippen molar-refractivity contribution < 1.29 is 14.8 Å². The number of nitro benzene ring substituents is 1. The Labute approximate surface area is 85.5 Å². The molecule has 80 valence electrons. The molecule has 6 heteroatoms. The van der Waals surface area contributed by atoms with Gasteiger partial charge in [-0.3, -0.25) is 14.9 Å². The van der Waals surface area contributed by atoms with Crippen LogP contribution in [-0.2, 0) is 11.2 Å². The molecule has 0 aliphatic heterocycles. The highest BCUT2D eigenvalue weighted by molar-refractivity contribution is 5.73. The zero-order valence-corrected chi connectivity index (χ0v) is 7.79. The highest BCUT2D eigenvalue weighted by atomic mass is 16.6. The van der Waals surface area contributed by atoms with Crippen LogP contribution < -0.4 is 5.73 Å². The van der Waals surface area contributed by atoms with Crippen LogP contribution in [0.2, 0.25) is 0 Å². The molecule has 1 aromatic rings.